The zero-order chi connectivity index (χ0) is 15.9. The van der Waals surface area contributed by atoms with E-state index < -0.39 is 0 Å². The summed E-state index contributed by atoms with van der Waals surface area (Å²) in [5.74, 6) is 0.942. The summed E-state index contributed by atoms with van der Waals surface area (Å²) in [6.07, 6.45) is 4.31. The number of hydrogen-bond acceptors (Lipinski definition) is 4. The van der Waals surface area contributed by atoms with Crippen LogP contribution in [-0.4, -0.2) is 74.2 Å². The van der Waals surface area contributed by atoms with Crippen LogP contribution in [0.25, 0.3) is 0 Å². The van der Waals surface area contributed by atoms with Crippen molar-refractivity contribution >= 4 is 5.91 Å². The molecule has 0 radical (unpaired) electrons. The first-order chi connectivity index (χ1) is 10.6. The van der Waals surface area contributed by atoms with E-state index in [1.165, 1.54) is 6.42 Å². The number of nitrogens with zero attached hydrogens (tertiary/aromatic N) is 2. The fourth-order valence-corrected chi connectivity index (χ4v) is 3.35. The maximum absolute atomic E-state index is 12.2. The number of rotatable bonds is 6. The summed E-state index contributed by atoms with van der Waals surface area (Å²) < 4.78 is 5.92. The van der Waals surface area contributed by atoms with Crippen LogP contribution in [0.5, 0.6) is 0 Å². The molecule has 1 amide bonds. The van der Waals surface area contributed by atoms with Gasteiger partial charge in [0, 0.05) is 51.8 Å². The van der Waals surface area contributed by atoms with Crippen molar-refractivity contribution in [2.24, 2.45) is 5.92 Å². The highest BCUT2D eigenvalue weighted by molar-refractivity contribution is 5.76. The van der Waals surface area contributed by atoms with Crippen LogP contribution in [0.3, 0.4) is 0 Å². The van der Waals surface area contributed by atoms with E-state index in [4.69, 9.17) is 4.74 Å². The lowest BCUT2D eigenvalue weighted by molar-refractivity contribution is -0.132. The largest absolute Gasteiger partial charge is 0.377 e. The van der Waals surface area contributed by atoms with E-state index in [2.05, 4.69) is 31.1 Å². The molecule has 0 bridgehead atoms. The Morgan fingerprint density at radius 1 is 1.27 bits per heavy atom. The maximum Gasteiger partial charge on any atom is 0.223 e. The first-order valence-corrected chi connectivity index (χ1v) is 8.87. The molecule has 0 spiro atoms. The van der Waals surface area contributed by atoms with Crippen molar-refractivity contribution in [3.63, 3.8) is 0 Å². The molecular weight excluding hydrogens is 278 g/mol. The number of piperazine rings is 1. The van der Waals surface area contributed by atoms with Gasteiger partial charge in [-0.05, 0) is 32.2 Å². The molecule has 1 N–H and O–H groups in total. The third-order valence-electron chi connectivity index (χ3n) is 4.75. The number of ether oxygens (including phenoxy) is 1. The van der Waals surface area contributed by atoms with Crippen LogP contribution in [0.15, 0.2) is 0 Å². The Labute approximate surface area is 135 Å². The lowest BCUT2D eigenvalue weighted by Gasteiger charge is -2.34. The number of likely N-dealkylation sites (N-methyl/N-ethyl adjacent to an activating group) is 1. The maximum atomic E-state index is 12.2. The van der Waals surface area contributed by atoms with Gasteiger partial charge in [-0.25, -0.2) is 0 Å². The molecule has 0 aromatic heterocycles. The van der Waals surface area contributed by atoms with Gasteiger partial charge < -0.3 is 19.9 Å². The molecular formula is C17H33N3O2. The van der Waals surface area contributed by atoms with E-state index in [0.717, 1.165) is 52.2 Å². The summed E-state index contributed by atoms with van der Waals surface area (Å²) in [5, 5.41) is 3.57. The van der Waals surface area contributed by atoms with Crippen LogP contribution < -0.4 is 5.32 Å². The topological polar surface area (TPSA) is 44.8 Å². The molecule has 2 fully saturated rings. The highest BCUT2D eigenvalue weighted by atomic mass is 16.5. The van der Waals surface area contributed by atoms with Gasteiger partial charge in [-0.3, -0.25) is 4.79 Å². The van der Waals surface area contributed by atoms with Gasteiger partial charge in [0.15, 0.2) is 0 Å². The number of hydrogen-bond donors (Lipinski definition) is 1. The predicted molar refractivity (Wildman–Crippen MR) is 88.9 cm³/mol. The first kappa shape index (κ1) is 17.7. The lowest BCUT2D eigenvalue weighted by Crippen LogP contribution is -2.49. The van der Waals surface area contributed by atoms with E-state index in [-0.39, 0.29) is 5.91 Å². The average Bonchev–Trinajstić information content (AvgIpc) is 2.49. The van der Waals surface area contributed by atoms with Crippen LogP contribution >= 0.6 is 0 Å². The summed E-state index contributed by atoms with van der Waals surface area (Å²) in [7, 11) is 2.11. The second-order valence-electron chi connectivity index (χ2n) is 7.18. The van der Waals surface area contributed by atoms with Gasteiger partial charge in [0.05, 0.1) is 6.10 Å². The minimum Gasteiger partial charge on any atom is -0.377 e. The molecule has 5 nitrogen and oxygen atoms in total. The molecule has 5 heteroatoms. The van der Waals surface area contributed by atoms with Gasteiger partial charge in [-0.2, -0.15) is 0 Å². The Balaban J connectivity index is 1.69. The van der Waals surface area contributed by atoms with E-state index in [0.29, 0.717) is 24.5 Å². The Hall–Kier alpha value is -0.650. The van der Waals surface area contributed by atoms with Gasteiger partial charge in [-0.15, -0.1) is 0 Å². The van der Waals surface area contributed by atoms with Crippen LogP contribution in [0.4, 0.5) is 0 Å². The molecule has 0 saturated carbocycles. The van der Waals surface area contributed by atoms with Crippen molar-refractivity contribution in [1.29, 1.82) is 0 Å². The van der Waals surface area contributed by atoms with Crippen LogP contribution in [0, 0.1) is 5.92 Å². The highest BCUT2D eigenvalue weighted by Gasteiger charge is 2.26. The van der Waals surface area contributed by atoms with E-state index in [1.807, 2.05) is 4.90 Å². The zero-order valence-electron chi connectivity index (χ0n) is 14.5. The highest BCUT2D eigenvalue weighted by Crippen LogP contribution is 2.20. The van der Waals surface area contributed by atoms with Crippen molar-refractivity contribution in [3.8, 4) is 0 Å². The average molecular weight is 311 g/mol. The molecule has 2 atom stereocenters. The fourth-order valence-electron chi connectivity index (χ4n) is 3.35. The molecule has 2 saturated heterocycles. The van der Waals surface area contributed by atoms with Crippen LogP contribution in [-0.2, 0) is 9.53 Å². The molecule has 0 aromatic carbocycles. The molecule has 2 aliphatic rings. The molecule has 22 heavy (non-hydrogen) atoms. The predicted octanol–water partition coefficient (Wildman–Crippen LogP) is 1.33. The monoisotopic (exact) mass is 311 g/mol. The van der Waals surface area contributed by atoms with Crippen molar-refractivity contribution in [1.82, 2.24) is 15.1 Å². The second-order valence-corrected chi connectivity index (χ2v) is 7.18. The number of amides is 1. The second kappa shape index (κ2) is 8.85. The minimum absolute atomic E-state index is 0.290. The molecule has 0 unspecified atom stereocenters. The quantitative estimate of drug-likeness (QED) is 0.804. The Morgan fingerprint density at radius 3 is 2.68 bits per heavy atom. The SMILES string of the molecule is CC(C)C[C@H]1OCCC[C@H]1NCCC(=O)N1CCN(C)CC1. The van der Waals surface area contributed by atoms with Gasteiger partial charge in [-0.1, -0.05) is 13.8 Å². The summed E-state index contributed by atoms with van der Waals surface area (Å²) in [4.78, 5) is 16.5. The van der Waals surface area contributed by atoms with E-state index in [1.54, 1.807) is 0 Å². The van der Waals surface area contributed by atoms with Crippen LogP contribution in [0.2, 0.25) is 0 Å². The third-order valence-corrected chi connectivity index (χ3v) is 4.75. The third kappa shape index (κ3) is 5.52. The summed E-state index contributed by atoms with van der Waals surface area (Å²) in [5.41, 5.74) is 0. The molecule has 0 aliphatic carbocycles. The number of nitrogens with one attached hydrogen (secondary N) is 1. The first-order valence-electron chi connectivity index (χ1n) is 8.87. The zero-order valence-corrected chi connectivity index (χ0v) is 14.5. The lowest BCUT2D eigenvalue weighted by atomic mass is 9.94. The summed E-state index contributed by atoms with van der Waals surface area (Å²) >= 11 is 0. The van der Waals surface area contributed by atoms with Crippen molar-refractivity contribution in [3.05, 3.63) is 0 Å². The molecule has 2 heterocycles. The van der Waals surface area contributed by atoms with Gasteiger partial charge in [0.2, 0.25) is 5.91 Å². The smallest absolute Gasteiger partial charge is 0.223 e. The number of carbonyl (C=O) groups is 1. The van der Waals surface area contributed by atoms with Crippen LogP contribution in [0.1, 0.15) is 39.5 Å². The Kier molecular flexibility index (Phi) is 7.12. The molecule has 2 rings (SSSR count). The Morgan fingerprint density at radius 2 is 2.00 bits per heavy atom. The fraction of sp³-hybridized carbons (Fsp3) is 0.941. The van der Waals surface area contributed by atoms with Gasteiger partial charge in [0.1, 0.15) is 0 Å². The number of carbonyl (C=O) groups excluding carboxylic acids is 1. The molecule has 0 aromatic rings. The van der Waals surface area contributed by atoms with Gasteiger partial charge >= 0.3 is 0 Å². The van der Waals surface area contributed by atoms with E-state index in [9.17, 15) is 4.79 Å². The van der Waals surface area contributed by atoms with Crippen molar-refractivity contribution < 1.29 is 9.53 Å². The van der Waals surface area contributed by atoms with Crippen molar-refractivity contribution in [2.75, 3.05) is 46.4 Å². The summed E-state index contributed by atoms with van der Waals surface area (Å²) in [6.45, 7) is 9.87. The molecule has 2 aliphatic heterocycles. The Bertz CT molecular complexity index is 341. The van der Waals surface area contributed by atoms with Gasteiger partial charge in [0.25, 0.3) is 0 Å². The standard InChI is InChI=1S/C17H33N3O2/c1-14(2)13-16-15(5-4-12-22-16)18-7-6-17(21)20-10-8-19(3)9-11-20/h14-16,18H,4-13H2,1-3H3/t15-,16-/m1/s1. The normalized spacial score (nSPS) is 27.4. The summed E-state index contributed by atoms with van der Waals surface area (Å²) in [6, 6.07) is 0.413. The minimum atomic E-state index is 0.290. The van der Waals surface area contributed by atoms with E-state index >= 15 is 0 Å². The molecule has 128 valence electrons. The van der Waals surface area contributed by atoms with Crippen molar-refractivity contribution in [2.45, 2.75) is 51.7 Å².